The van der Waals surface area contributed by atoms with E-state index >= 15 is 0 Å². The Balaban J connectivity index is 1.57. The lowest BCUT2D eigenvalue weighted by Crippen LogP contribution is -2.28. The second-order valence-corrected chi connectivity index (χ2v) is 8.39. The van der Waals surface area contributed by atoms with E-state index in [0.29, 0.717) is 21.9 Å². The molecule has 0 saturated carbocycles. The van der Waals surface area contributed by atoms with Crippen LogP contribution in [0.2, 0.25) is 0 Å². The second-order valence-electron chi connectivity index (χ2n) is 7.36. The van der Waals surface area contributed by atoms with Crippen LogP contribution in [0.25, 0.3) is 5.65 Å². The molecule has 0 atom stereocenters. The Hall–Kier alpha value is -3.92. The van der Waals surface area contributed by atoms with Crippen LogP contribution < -0.4 is 11.0 Å². The molecule has 0 saturated heterocycles. The van der Waals surface area contributed by atoms with E-state index in [0.717, 1.165) is 20.7 Å². The van der Waals surface area contributed by atoms with Gasteiger partial charge >= 0.3 is 11.7 Å². The molecule has 0 unspecified atom stereocenters. The maximum absolute atomic E-state index is 12.8. The third-order valence-corrected chi connectivity index (χ3v) is 6.03. The number of methoxy groups -OCH3 is 1. The molecule has 0 bridgehead atoms. The van der Waals surface area contributed by atoms with E-state index < -0.39 is 17.6 Å². The van der Waals surface area contributed by atoms with Crippen molar-refractivity contribution in [3.63, 3.8) is 0 Å². The van der Waals surface area contributed by atoms with Gasteiger partial charge in [0.05, 0.1) is 12.7 Å². The molecule has 1 N–H and O–H groups in total. The largest absolute Gasteiger partial charge is 0.465 e. The van der Waals surface area contributed by atoms with Crippen LogP contribution in [0.3, 0.4) is 0 Å². The van der Waals surface area contributed by atoms with Gasteiger partial charge in [0.15, 0.2) is 5.65 Å². The minimum absolute atomic E-state index is 0.295. The van der Waals surface area contributed by atoms with Crippen LogP contribution in [-0.2, 0) is 16.1 Å². The number of nitrogens with zero attached hydrogens (tertiary/aromatic N) is 4. The highest BCUT2D eigenvalue weighted by Gasteiger charge is 2.16. The Morgan fingerprint density at radius 3 is 2.73 bits per heavy atom. The molecular formula is C23H21N5O4S. The van der Waals surface area contributed by atoms with Crippen LogP contribution in [0, 0.1) is 13.8 Å². The lowest BCUT2D eigenvalue weighted by atomic mass is 10.2. The molecule has 0 aliphatic rings. The number of fused-ring (bicyclic) bond motifs is 1. The maximum atomic E-state index is 12.8. The third-order valence-electron chi connectivity index (χ3n) is 4.87. The zero-order chi connectivity index (χ0) is 23.5. The summed E-state index contributed by atoms with van der Waals surface area (Å²) < 4.78 is 7.14. The fraction of sp³-hybridized carbons (Fsp3) is 0.174. The highest BCUT2D eigenvalue weighted by atomic mass is 32.2. The monoisotopic (exact) mass is 463 g/mol. The highest BCUT2D eigenvalue weighted by molar-refractivity contribution is 7.99. The predicted octanol–water partition coefficient (Wildman–Crippen LogP) is 3.08. The van der Waals surface area contributed by atoms with Crippen molar-refractivity contribution in [3.8, 4) is 0 Å². The summed E-state index contributed by atoms with van der Waals surface area (Å²) in [5.74, 6) is -0.969. The summed E-state index contributed by atoms with van der Waals surface area (Å²) >= 11 is 1.41. The number of carbonyl (C=O) groups excluding carboxylic acids is 2. The standard InChI is InChI=1S/C23H21N5O4S/c1-14-7-8-18(15(2)11-14)33-21-20-26-28(23(31)27(20)10-9-24-21)13-19(29)25-17-6-4-5-16(12-17)22(30)32-3/h4-12H,13H2,1-3H3,(H,25,29). The Morgan fingerprint density at radius 2 is 1.97 bits per heavy atom. The van der Waals surface area contributed by atoms with Crippen molar-refractivity contribution >= 4 is 35.0 Å². The molecule has 168 valence electrons. The SMILES string of the molecule is COC(=O)c1cccc(NC(=O)Cn2nc3c(Sc4ccc(C)cc4C)nccn3c2=O)c1. The lowest BCUT2D eigenvalue weighted by molar-refractivity contribution is -0.117. The van der Waals surface area contributed by atoms with Crippen LogP contribution >= 0.6 is 11.8 Å². The van der Waals surface area contributed by atoms with Crippen molar-refractivity contribution in [1.82, 2.24) is 19.2 Å². The molecule has 0 radical (unpaired) electrons. The van der Waals surface area contributed by atoms with Crippen LogP contribution in [0.4, 0.5) is 5.69 Å². The molecule has 33 heavy (non-hydrogen) atoms. The number of aromatic nitrogens is 4. The normalized spacial score (nSPS) is 10.9. The predicted molar refractivity (Wildman–Crippen MR) is 124 cm³/mol. The second kappa shape index (κ2) is 9.29. The van der Waals surface area contributed by atoms with E-state index in [1.807, 2.05) is 26.0 Å². The molecule has 2 aromatic carbocycles. The fourth-order valence-electron chi connectivity index (χ4n) is 3.30. The summed E-state index contributed by atoms with van der Waals surface area (Å²) in [5.41, 5.74) is 2.89. The Morgan fingerprint density at radius 1 is 1.15 bits per heavy atom. The van der Waals surface area contributed by atoms with Crippen molar-refractivity contribution in [3.05, 3.63) is 82.0 Å². The van der Waals surface area contributed by atoms with Gasteiger partial charge in [-0.2, -0.15) is 0 Å². The molecule has 4 aromatic rings. The van der Waals surface area contributed by atoms with Crippen LogP contribution in [0.1, 0.15) is 21.5 Å². The van der Waals surface area contributed by atoms with Crippen LogP contribution in [-0.4, -0.2) is 38.2 Å². The first-order chi connectivity index (χ1) is 15.9. The fourth-order valence-corrected chi connectivity index (χ4v) is 4.21. The van der Waals surface area contributed by atoms with E-state index in [1.54, 1.807) is 18.2 Å². The molecule has 0 fully saturated rings. The van der Waals surface area contributed by atoms with Gasteiger partial charge in [-0.05, 0) is 43.7 Å². The third kappa shape index (κ3) is 4.80. The number of carbonyl (C=O) groups is 2. The minimum atomic E-state index is -0.510. The highest BCUT2D eigenvalue weighted by Crippen LogP contribution is 2.31. The average molecular weight is 464 g/mol. The quantitative estimate of drug-likeness (QED) is 0.438. The number of aryl methyl sites for hydroxylation is 2. The molecule has 0 aliphatic carbocycles. The number of hydrogen-bond donors (Lipinski definition) is 1. The number of esters is 1. The summed E-state index contributed by atoms with van der Waals surface area (Å²) in [6, 6.07) is 12.4. The Kier molecular flexibility index (Phi) is 6.27. The first kappa shape index (κ1) is 22.3. The average Bonchev–Trinajstić information content (AvgIpc) is 3.11. The first-order valence-electron chi connectivity index (χ1n) is 10.0. The minimum Gasteiger partial charge on any atom is -0.465 e. The lowest BCUT2D eigenvalue weighted by Gasteiger charge is -2.06. The van der Waals surface area contributed by atoms with Gasteiger partial charge < -0.3 is 10.1 Å². The molecule has 2 aromatic heterocycles. The van der Waals surface area contributed by atoms with Gasteiger partial charge in [-0.1, -0.05) is 35.5 Å². The van der Waals surface area contributed by atoms with E-state index in [4.69, 9.17) is 4.74 Å². The molecule has 0 spiro atoms. The van der Waals surface area contributed by atoms with Crippen molar-refractivity contribution in [2.24, 2.45) is 0 Å². The van der Waals surface area contributed by atoms with Gasteiger partial charge in [-0.3, -0.25) is 4.79 Å². The van der Waals surface area contributed by atoms with E-state index in [9.17, 15) is 14.4 Å². The smallest absolute Gasteiger partial charge is 0.350 e. The summed E-state index contributed by atoms with van der Waals surface area (Å²) in [7, 11) is 1.28. The number of nitrogens with one attached hydrogen (secondary N) is 1. The number of ether oxygens (including phenoxy) is 1. The van der Waals surface area contributed by atoms with Gasteiger partial charge in [0.1, 0.15) is 11.6 Å². The molecule has 0 aliphatic heterocycles. The molecule has 9 nitrogen and oxygen atoms in total. The van der Waals surface area contributed by atoms with E-state index in [-0.39, 0.29) is 6.54 Å². The van der Waals surface area contributed by atoms with Gasteiger partial charge in [-0.15, -0.1) is 5.10 Å². The zero-order valence-electron chi connectivity index (χ0n) is 18.2. The van der Waals surface area contributed by atoms with E-state index in [1.165, 1.54) is 41.7 Å². The van der Waals surface area contributed by atoms with Gasteiger partial charge in [0.2, 0.25) is 5.91 Å². The van der Waals surface area contributed by atoms with Crippen LogP contribution in [0.15, 0.2) is 69.6 Å². The summed E-state index contributed by atoms with van der Waals surface area (Å²) in [5, 5.41) is 7.58. The first-order valence-corrected chi connectivity index (χ1v) is 10.8. The van der Waals surface area contributed by atoms with Crippen molar-refractivity contribution in [2.75, 3.05) is 12.4 Å². The number of rotatable bonds is 6. The topological polar surface area (TPSA) is 108 Å². The van der Waals surface area contributed by atoms with E-state index in [2.05, 4.69) is 21.5 Å². The molecule has 4 rings (SSSR count). The zero-order valence-corrected chi connectivity index (χ0v) is 19.0. The van der Waals surface area contributed by atoms with Gasteiger partial charge in [-0.25, -0.2) is 23.7 Å². The number of anilines is 1. The van der Waals surface area contributed by atoms with Gasteiger partial charge in [0.25, 0.3) is 0 Å². The summed E-state index contributed by atoms with van der Waals surface area (Å²) in [4.78, 5) is 42.4. The Bertz CT molecular complexity index is 1430. The maximum Gasteiger partial charge on any atom is 0.350 e. The Labute approximate surface area is 193 Å². The van der Waals surface area contributed by atoms with Crippen LogP contribution in [0.5, 0.6) is 0 Å². The van der Waals surface area contributed by atoms with Gasteiger partial charge in [0, 0.05) is 23.0 Å². The molecule has 10 heteroatoms. The summed E-state index contributed by atoms with van der Waals surface area (Å²) in [6.07, 6.45) is 3.05. The number of hydrogen-bond acceptors (Lipinski definition) is 7. The van der Waals surface area contributed by atoms with Crippen molar-refractivity contribution in [2.45, 2.75) is 30.3 Å². The molecule has 1 amide bonds. The van der Waals surface area contributed by atoms with Crippen molar-refractivity contribution < 1.29 is 14.3 Å². The number of benzene rings is 2. The summed E-state index contributed by atoms with van der Waals surface area (Å²) in [6.45, 7) is 3.74. The van der Waals surface area contributed by atoms with Crippen molar-refractivity contribution in [1.29, 1.82) is 0 Å². The number of amides is 1. The molecule has 2 heterocycles. The molecular weight excluding hydrogens is 442 g/mol.